The van der Waals surface area contributed by atoms with Crippen LogP contribution in [0.4, 0.5) is 0 Å². The predicted molar refractivity (Wildman–Crippen MR) is 97.8 cm³/mol. The lowest BCUT2D eigenvalue weighted by atomic mass is 10.0. The van der Waals surface area contributed by atoms with Crippen LogP contribution in [0.2, 0.25) is 0 Å². The van der Waals surface area contributed by atoms with Crippen LogP contribution in [0.1, 0.15) is 31.2 Å². The zero-order valence-electron chi connectivity index (χ0n) is 15.4. The summed E-state index contributed by atoms with van der Waals surface area (Å²) in [6.45, 7) is 2.22. The highest BCUT2D eigenvalue weighted by Gasteiger charge is 2.38. The molecular formula is C20H26N2O5. The Morgan fingerprint density at radius 2 is 1.89 bits per heavy atom. The standard InChI is InChI=1S/C20H26N2O5/c23-18-12-16(14-21(18)13-15-4-2-1-3-5-15)20(26)22(9-6-19(24)25)17-7-10-27-11-8-17/h1-5,16-17H,6-14H2,(H,24,25)/t16-/m1/s1. The molecule has 1 aromatic carbocycles. The Balaban J connectivity index is 1.65. The van der Waals surface area contributed by atoms with Gasteiger partial charge in [0.1, 0.15) is 0 Å². The molecule has 2 amide bonds. The summed E-state index contributed by atoms with van der Waals surface area (Å²) in [5, 5.41) is 9.03. The number of ether oxygens (including phenoxy) is 1. The number of likely N-dealkylation sites (tertiary alicyclic amines) is 1. The summed E-state index contributed by atoms with van der Waals surface area (Å²) < 4.78 is 5.36. The first kappa shape index (κ1) is 19.4. The maximum Gasteiger partial charge on any atom is 0.305 e. The lowest BCUT2D eigenvalue weighted by Gasteiger charge is -2.35. The number of amides is 2. The third-order valence-electron chi connectivity index (χ3n) is 5.26. The molecular weight excluding hydrogens is 348 g/mol. The summed E-state index contributed by atoms with van der Waals surface area (Å²) in [6, 6.07) is 9.70. The van der Waals surface area contributed by atoms with Crippen molar-refractivity contribution in [2.45, 2.75) is 38.3 Å². The van der Waals surface area contributed by atoms with E-state index in [9.17, 15) is 14.4 Å². The van der Waals surface area contributed by atoms with Gasteiger partial charge in [-0.25, -0.2) is 0 Å². The van der Waals surface area contributed by atoms with Gasteiger partial charge in [0.25, 0.3) is 0 Å². The smallest absolute Gasteiger partial charge is 0.305 e. The van der Waals surface area contributed by atoms with Crippen LogP contribution >= 0.6 is 0 Å². The second kappa shape index (κ2) is 8.99. The van der Waals surface area contributed by atoms with E-state index in [1.165, 1.54) is 0 Å². The van der Waals surface area contributed by atoms with Crippen LogP contribution in [0.5, 0.6) is 0 Å². The van der Waals surface area contributed by atoms with Crippen molar-refractivity contribution >= 4 is 17.8 Å². The van der Waals surface area contributed by atoms with E-state index in [-0.39, 0.29) is 37.2 Å². The number of carbonyl (C=O) groups is 3. The van der Waals surface area contributed by atoms with E-state index < -0.39 is 11.9 Å². The molecule has 0 unspecified atom stereocenters. The Labute approximate surface area is 158 Å². The molecule has 0 aromatic heterocycles. The van der Waals surface area contributed by atoms with Gasteiger partial charge < -0.3 is 19.6 Å². The molecule has 7 heteroatoms. The monoisotopic (exact) mass is 374 g/mol. The zero-order valence-corrected chi connectivity index (χ0v) is 15.4. The number of carboxylic acid groups (broad SMARTS) is 1. The normalized spacial score (nSPS) is 20.7. The van der Waals surface area contributed by atoms with Crippen molar-refractivity contribution in [3.63, 3.8) is 0 Å². The first-order valence-corrected chi connectivity index (χ1v) is 9.46. The molecule has 1 atom stereocenters. The van der Waals surface area contributed by atoms with Crippen LogP contribution in [-0.4, -0.2) is 65.0 Å². The van der Waals surface area contributed by atoms with Crippen molar-refractivity contribution in [3.05, 3.63) is 35.9 Å². The molecule has 0 aliphatic carbocycles. The van der Waals surface area contributed by atoms with Crippen molar-refractivity contribution in [2.24, 2.45) is 5.92 Å². The molecule has 2 saturated heterocycles. The topological polar surface area (TPSA) is 87.2 Å². The minimum Gasteiger partial charge on any atom is -0.481 e. The van der Waals surface area contributed by atoms with E-state index in [4.69, 9.17) is 9.84 Å². The molecule has 2 aliphatic rings. The fraction of sp³-hybridized carbons (Fsp3) is 0.550. The molecule has 2 fully saturated rings. The second-order valence-corrected chi connectivity index (χ2v) is 7.18. The quantitative estimate of drug-likeness (QED) is 0.782. The zero-order chi connectivity index (χ0) is 19.2. The minimum atomic E-state index is -0.923. The molecule has 146 valence electrons. The molecule has 0 spiro atoms. The van der Waals surface area contributed by atoms with Gasteiger partial charge in [-0.3, -0.25) is 14.4 Å². The largest absolute Gasteiger partial charge is 0.481 e. The first-order valence-electron chi connectivity index (χ1n) is 9.46. The number of nitrogens with zero attached hydrogens (tertiary/aromatic N) is 2. The molecule has 3 rings (SSSR count). The van der Waals surface area contributed by atoms with Crippen LogP contribution in [-0.2, 0) is 25.7 Å². The SMILES string of the molecule is O=C(O)CCN(C(=O)[C@@H]1CC(=O)N(Cc2ccccc2)C1)C1CCOCC1. The number of carboxylic acids is 1. The lowest BCUT2D eigenvalue weighted by Crippen LogP contribution is -2.47. The average Bonchev–Trinajstić information content (AvgIpc) is 3.04. The Morgan fingerprint density at radius 1 is 1.19 bits per heavy atom. The molecule has 7 nitrogen and oxygen atoms in total. The third-order valence-corrected chi connectivity index (χ3v) is 5.26. The van der Waals surface area contributed by atoms with Crippen molar-refractivity contribution < 1.29 is 24.2 Å². The highest BCUT2D eigenvalue weighted by atomic mass is 16.5. The Kier molecular flexibility index (Phi) is 6.45. The number of hydrogen-bond acceptors (Lipinski definition) is 4. The van der Waals surface area contributed by atoms with Gasteiger partial charge in [0.05, 0.1) is 12.3 Å². The van der Waals surface area contributed by atoms with Crippen molar-refractivity contribution in [1.82, 2.24) is 9.80 Å². The molecule has 1 aromatic rings. The minimum absolute atomic E-state index is 0.0103. The second-order valence-electron chi connectivity index (χ2n) is 7.18. The molecule has 27 heavy (non-hydrogen) atoms. The first-order chi connectivity index (χ1) is 13.0. The van der Waals surface area contributed by atoms with Gasteiger partial charge in [-0.2, -0.15) is 0 Å². The third kappa shape index (κ3) is 5.07. The Hall–Kier alpha value is -2.41. The number of benzene rings is 1. The fourth-order valence-corrected chi connectivity index (χ4v) is 3.81. The summed E-state index contributed by atoms with van der Waals surface area (Å²) in [5.74, 6) is -1.46. The summed E-state index contributed by atoms with van der Waals surface area (Å²) in [5.41, 5.74) is 1.03. The van der Waals surface area contributed by atoms with E-state index >= 15 is 0 Å². The van der Waals surface area contributed by atoms with Crippen LogP contribution < -0.4 is 0 Å². The maximum absolute atomic E-state index is 13.1. The highest BCUT2D eigenvalue weighted by molar-refractivity contribution is 5.89. The highest BCUT2D eigenvalue weighted by Crippen LogP contribution is 2.25. The summed E-state index contributed by atoms with van der Waals surface area (Å²) >= 11 is 0. The maximum atomic E-state index is 13.1. The summed E-state index contributed by atoms with van der Waals surface area (Å²) in [7, 11) is 0. The molecule has 1 N–H and O–H groups in total. The molecule has 2 aliphatic heterocycles. The molecule has 0 radical (unpaired) electrons. The van der Waals surface area contributed by atoms with Gasteiger partial charge in [-0.1, -0.05) is 30.3 Å². The number of carbonyl (C=O) groups excluding carboxylic acids is 2. The number of hydrogen-bond donors (Lipinski definition) is 1. The average molecular weight is 374 g/mol. The van der Waals surface area contributed by atoms with Gasteiger partial charge in [0, 0.05) is 45.3 Å². The van der Waals surface area contributed by atoms with E-state index in [0.29, 0.717) is 39.1 Å². The summed E-state index contributed by atoms with van der Waals surface area (Å²) in [6.07, 6.45) is 1.52. The van der Waals surface area contributed by atoms with Crippen molar-refractivity contribution in [3.8, 4) is 0 Å². The van der Waals surface area contributed by atoms with Gasteiger partial charge in [0.15, 0.2) is 0 Å². The number of aliphatic carboxylic acids is 1. The lowest BCUT2D eigenvalue weighted by molar-refractivity contribution is -0.142. The Morgan fingerprint density at radius 3 is 2.56 bits per heavy atom. The van der Waals surface area contributed by atoms with E-state index in [1.54, 1.807) is 9.80 Å². The van der Waals surface area contributed by atoms with Crippen LogP contribution in [0.3, 0.4) is 0 Å². The van der Waals surface area contributed by atoms with Crippen molar-refractivity contribution in [2.75, 3.05) is 26.3 Å². The van der Waals surface area contributed by atoms with Crippen molar-refractivity contribution in [1.29, 1.82) is 0 Å². The number of rotatable bonds is 7. The predicted octanol–water partition coefficient (Wildman–Crippen LogP) is 1.52. The van der Waals surface area contributed by atoms with Gasteiger partial charge >= 0.3 is 5.97 Å². The van der Waals surface area contributed by atoms with Gasteiger partial charge in [0.2, 0.25) is 11.8 Å². The molecule has 2 heterocycles. The van der Waals surface area contributed by atoms with Crippen LogP contribution in [0.15, 0.2) is 30.3 Å². The van der Waals surface area contributed by atoms with E-state index in [2.05, 4.69) is 0 Å². The van der Waals surface area contributed by atoms with Gasteiger partial charge in [-0.05, 0) is 18.4 Å². The Bertz CT molecular complexity index is 672. The van der Waals surface area contributed by atoms with Crippen LogP contribution in [0.25, 0.3) is 0 Å². The van der Waals surface area contributed by atoms with Crippen LogP contribution in [0, 0.1) is 5.92 Å². The summed E-state index contributed by atoms with van der Waals surface area (Å²) in [4.78, 5) is 39.9. The molecule has 0 bridgehead atoms. The van der Waals surface area contributed by atoms with E-state index in [0.717, 1.165) is 5.56 Å². The fourth-order valence-electron chi connectivity index (χ4n) is 3.81. The van der Waals surface area contributed by atoms with E-state index in [1.807, 2.05) is 30.3 Å². The van der Waals surface area contributed by atoms with Gasteiger partial charge in [-0.15, -0.1) is 0 Å². The molecule has 0 saturated carbocycles.